The molecule has 0 aliphatic carbocycles. The van der Waals surface area contributed by atoms with E-state index in [4.69, 9.17) is 25.8 Å². The van der Waals surface area contributed by atoms with Gasteiger partial charge in [0, 0.05) is 12.3 Å². The van der Waals surface area contributed by atoms with Crippen molar-refractivity contribution in [2.45, 2.75) is 42.8 Å². The lowest BCUT2D eigenvalue weighted by molar-refractivity contribution is -0.0405. The van der Waals surface area contributed by atoms with Gasteiger partial charge in [0.05, 0.1) is 20.3 Å². The number of nitrogens with zero attached hydrogens (tertiary/aromatic N) is 1. The lowest BCUT2D eigenvalue weighted by Crippen LogP contribution is -2.37. The van der Waals surface area contributed by atoms with Crippen molar-refractivity contribution in [3.05, 3.63) is 129 Å². The minimum atomic E-state index is -1.19. The minimum absolute atomic E-state index is 0.520. The van der Waals surface area contributed by atoms with Gasteiger partial charge in [0.15, 0.2) is 6.23 Å². The number of nitrogens with one attached hydrogen (secondary N) is 1. The molecule has 3 N–H and O–H groups in total. The van der Waals surface area contributed by atoms with Gasteiger partial charge >= 0.3 is 5.69 Å². The van der Waals surface area contributed by atoms with Gasteiger partial charge in [0.1, 0.15) is 28.6 Å². The van der Waals surface area contributed by atoms with E-state index in [1.54, 1.807) is 21.1 Å². The number of hydrogen-bond donors (Lipinski definition) is 3. The van der Waals surface area contributed by atoms with E-state index in [2.05, 4.69) is 4.98 Å². The number of ether oxygens (including phenoxy) is 3. The summed E-state index contributed by atoms with van der Waals surface area (Å²) in [5, 5.41) is 19.5. The van der Waals surface area contributed by atoms with Crippen molar-refractivity contribution in [3.63, 3.8) is 0 Å². The topological polar surface area (TPSA) is 123 Å². The monoisotopic (exact) mass is 580 g/mol. The first kappa shape index (κ1) is 30.1. The van der Waals surface area contributed by atoms with Crippen LogP contribution in [-0.4, -0.2) is 52.3 Å². The summed E-state index contributed by atoms with van der Waals surface area (Å²) in [5.41, 5.74) is 1.79. The Hall–Kier alpha value is -3.89. The van der Waals surface area contributed by atoms with Crippen LogP contribution in [0.4, 0.5) is 0 Å². The molecular formula is C31H33ClN2O7. The smallest absolute Gasteiger partial charge is 0.330 e. The SMILES string of the molecule is CC[C@H]1O[C@@H](n2ccc(=O)[nH]c2=O)[C@@H](O)C1O.COc1ccc(C(Cl)(c2ccccc2)c2ccc(OC)cc2)cc1. The molecule has 1 aromatic heterocycles. The summed E-state index contributed by atoms with van der Waals surface area (Å²) in [6, 6.07) is 27.0. The lowest BCUT2D eigenvalue weighted by atomic mass is 9.84. The number of rotatable bonds is 7. The Kier molecular flexibility index (Phi) is 9.67. The summed E-state index contributed by atoms with van der Waals surface area (Å²) in [7, 11) is 3.31. The van der Waals surface area contributed by atoms with Gasteiger partial charge in [-0.3, -0.25) is 14.3 Å². The normalized spacial score (nSPS) is 20.1. The standard InChI is InChI=1S/C21H19ClO2.C10H14N2O5/c1-23-19-12-8-17(9-13-19)21(22,16-6-4-3-5-7-16)18-10-14-20(24-2)15-11-18;1-2-5-7(14)8(15)9(17-5)12-4-3-6(13)11-10(12)16/h3-15H,1-2H3;3-5,7-9,14-15H,2H2,1H3,(H,11,13,16)/t;5-,7?,8+,9-/m.1/s1. The van der Waals surface area contributed by atoms with Gasteiger partial charge < -0.3 is 24.4 Å². The zero-order valence-corrected chi connectivity index (χ0v) is 23.7. The molecule has 1 aliphatic rings. The second-order valence-electron chi connectivity index (χ2n) is 9.45. The zero-order valence-electron chi connectivity index (χ0n) is 22.9. The number of aliphatic hydroxyl groups is 2. The van der Waals surface area contributed by atoms with Gasteiger partial charge in [-0.2, -0.15) is 0 Å². The summed E-state index contributed by atoms with van der Waals surface area (Å²) < 4.78 is 17.0. The quantitative estimate of drug-likeness (QED) is 0.224. The first-order valence-corrected chi connectivity index (χ1v) is 13.5. The molecule has 0 amide bonds. The lowest BCUT2D eigenvalue weighted by Gasteiger charge is -2.29. The number of aromatic amines is 1. The maximum absolute atomic E-state index is 11.5. The molecule has 1 fully saturated rings. The van der Waals surface area contributed by atoms with E-state index in [1.807, 2.05) is 78.9 Å². The molecule has 3 aromatic carbocycles. The number of alkyl halides is 1. The second-order valence-corrected chi connectivity index (χ2v) is 10.0. The highest BCUT2D eigenvalue weighted by Gasteiger charge is 2.43. The summed E-state index contributed by atoms with van der Waals surface area (Å²) >= 11 is 7.22. The number of aromatic nitrogens is 2. The molecule has 216 valence electrons. The molecule has 10 heteroatoms. The van der Waals surface area contributed by atoms with Gasteiger partial charge in [-0.15, -0.1) is 11.6 Å². The van der Waals surface area contributed by atoms with E-state index in [9.17, 15) is 19.8 Å². The van der Waals surface area contributed by atoms with Gasteiger partial charge in [0.2, 0.25) is 0 Å². The van der Waals surface area contributed by atoms with Crippen molar-refractivity contribution in [3.8, 4) is 11.5 Å². The zero-order chi connectivity index (χ0) is 29.6. The molecule has 1 aliphatic heterocycles. The number of hydrogen-bond acceptors (Lipinski definition) is 7. The Balaban J connectivity index is 0.000000201. The summed E-state index contributed by atoms with van der Waals surface area (Å²) in [6.07, 6.45) is -1.97. The van der Waals surface area contributed by atoms with Crippen molar-refractivity contribution >= 4 is 11.6 Å². The van der Waals surface area contributed by atoms with Gasteiger partial charge in [-0.05, 0) is 47.4 Å². The molecule has 0 saturated carbocycles. The number of benzene rings is 3. The Morgan fingerprint density at radius 3 is 1.78 bits per heavy atom. The highest BCUT2D eigenvalue weighted by Crippen LogP contribution is 2.43. The predicted molar refractivity (Wildman–Crippen MR) is 156 cm³/mol. The molecule has 4 aromatic rings. The van der Waals surface area contributed by atoms with Crippen LogP contribution in [-0.2, 0) is 9.61 Å². The van der Waals surface area contributed by atoms with Crippen molar-refractivity contribution in [1.29, 1.82) is 0 Å². The van der Waals surface area contributed by atoms with E-state index >= 15 is 0 Å². The first-order valence-electron chi connectivity index (χ1n) is 13.1. The van der Waals surface area contributed by atoms with Crippen LogP contribution in [0.1, 0.15) is 36.3 Å². The number of methoxy groups -OCH3 is 2. The molecule has 2 heterocycles. The fraction of sp³-hybridized carbons (Fsp3) is 0.290. The predicted octanol–water partition coefficient (Wildman–Crippen LogP) is 3.80. The van der Waals surface area contributed by atoms with Crippen LogP contribution in [0.3, 0.4) is 0 Å². The summed E-state index contributed by atoms with van der Waals surface area (Å²) in [4.78, 5) is 23.7. The fourth-order valence-corrected chi connectivity index (χ4v) is 5.11. The van der Waals surface area contributed by atoms with Crippen LogP contribution in [0, 0.1) is 0 Å². The van der Waals surface area contributed by atoms with Crippen LogP contribution in [0.15, 0.2) is 101 Å². The molecule has 0 bridgehead atoms. The largest absolute Gasteiger partial charge is 0.497 e. The summed E-state index contributed by atoms with van der Waals surface area (Å²) in [6.45, 7) is 1.80. The molecule has 1 saturated heterocycles. The van der Waals surface area contributed by atoms with Crippen LogP contribution in [0.25, 0.3) is 0 Å². The molecule has 4 atom stereocenters. The van der Waals surface area contributed by atoms with E-state index in [0.717, 1.165) is 38.8 Å². The molecule has 0 radical (unpaired) electrons. The first-order chi connectivity index (χ1) is 19.7. The van der Waals surface area contributed by atoms with Gasteiger partial charge in [0.25, 0.3) is 5.56 Å². The van der Waals surface area contributed by atoms with E-state index < -0.39 is 40.7 Å². The average molecular weight is 581 g/mol. The third-order valence-corrected chi connectivity index (χ3v) is 7.67. The molecule has 41 heavy (non-hydrogen) atoms. The number of aliphatic hydroxyl groups excluding tert-OH is 2. The fourth-order valence-electron chi connectivity index (χ4n) is 4.73. The molecule has 1 unspecified atom stereocenters. The second kappa shape index (κ2) is 13.2. The van der Waals surface area contributed by atoms with E-state index in [1.165, 1.54) is 6.20 Å². The Bertz CT molecular complexity index is 1470. The highest BCUT2D eigenvalue weighted by atomic mass is 35.5. The number of H-pyrrole nitrogens is 1. The third kappa shape index (κ3) is 6.39. The maximum atomic E-state index is 11.5. The number of halogens is 1. The van der Waals surface area contributed by atoms with E-state index in [0.29, 0.717) is 6.42 Å². The van der Waals surface area contributed by atoms with E-state index in [-0.39, 0.29) is 0 Å². The van der Waals surface area contributed by atoms with Crippen LogP contribution in [0.2, 0.25) is 0 Å². The molecule has 5 rings (SSSR count). The van der Waals surface area contributed by atoms with Crippen LogP contribution >= 0.6 is 11.6 Å². The Morgan fingerprint density at radius 1 is 0.829 bits per heavy atom. The van der Waals surface area contributed by atoms with Crippen LogP contribution in [0.5, 0.6) is 11.5 Å². The summed E-state index contributed by atoms with van der Waals surface area (Å²) in [5.74, 6) is 1.61. The maximum Gasteiger partial charge on any atom is 0.330 e. The third-order valence-electron chi connectivity index (χ3n) is 7.01. The van der Waals surface area contributed by atoms with Crippen molar-refractivity contribution in [1.82, 2.24) is 9.55 Å². The van der Waals surface area contributed by atoms with Crippen molar-refractivity contribution in [2.24, 2.45) is 0 Å². The highest BCUT2D eigenvalue weighted by molar-refractivity contribution is 6.28. The van der Waals surface area contributed by atoms with Gasteiger partial charge in [-0.25, -0.2) is 4.79 Å². The Morgan fingerprint density at radius 2 is 1.34 bits per heavy atom. The van der Waals surface area contributed by atoms with Crippen molar-refractivity contribution in [2.75, 3.05) is 14.2 Å². The molecule has 9 nitrogen and oxygen atoms in total. The van der Waals surface area contributed by atoms with Gasteiger partial charge in [-0.1, -0.05) is 61.5 Å². The van der Waals surface area contributed by atoms with Crippen molar-refractivity contribution < 1.29 is 24.4 Å². The minimum Gasteiger partial charge on any atom is -0.497 e. The molecule has 0 spiro atoms. The Labute approximate surface area is 242 Å². The average Bonchev–Trinajstić information content (AvgIpc) is 3.30. The van der Waals surface area contributed by atoms with Crippen LogP contribution < -0.4 is 20.7 Å². The molecular weight excluding hydrogens is 548 g/mol.